The van der Waals surface area contributed by atoms with Crippen molar-refractivity contribution in [1.29, 1.82) is 0 Å². The van der Waals surface area contributed by atoms with Gasteiger partial charge in [0.25, 0.3) is 5.56 Å². The van der Waals surface area contributed by atoms with Gasteiger partial charge < -0.3 is 15.0 Å². The highest BCUT2D eigenvalue weighted by atomic mass is 16.3. The molecule has 1 heterocycles. The summed E-state index contributed by atoms with van der Waals surface area (Å²) in [6.07, 6.45) is 4.34. The maximum atomic E-state index is 11.6. The van der Waals surface area contributed by atoms with E-state index in [1.807, 2.05) is 4.90 Å². The second-order valence-corrected chi connectivity index (χ2v) is 4.83. The molecule has 1 saturated carbocycles. The van der Waals surface area contributed by atoms with E-state index >= 15 is 0 Å². The van der Waals surface area contributed by atoms with Gasteiger partial charge in [-0.1, -0.05) is 13.3 Å². The van der Waals surface area contributed by atoms with E-state index < -0.39 is 0 Å². The van der Waals surface area contributed by atoms with Gasteiger partial charge in [-0.15, -0.1) is 0 Å². The first-order valence-electron chi connectivity index (χ1n) is 6.71. The second kappa shape index (κ2) is 6.00. The Morgan fingerprint density at radius 3 is 2.89 bits per heavy atom. The van der Waals surface area contributed by atoms with Gasteiger partial charge in [-0.3, -0.25) is 4.79 Å². The molecule has 0 aliphatic heterocycles. The molecular formula is C13H21N3O2. The van der Waals surface area contributed by atoms with Crippen molar-refractivity contribution in [3.8, 4) is 0 Å². The van der Waals surface area contributed by atoms with Crippen molar-refractivity contribution in [2.75, 3.05) is 24.6 Å². The number of hydrogen-bond acceptors (Lipinski definition) is 4. The lowest BCUT2D eigenvalue weighted by Gasteiger charge is -2.22. The minimum atomic E-state index is -0.0960. The van der Waals surface area contributed by atoms with Crippen LogP contribution in [0.2, 0.25) is 0 Å². The van der Waals surface area contributed by atoms with Gasteiger partial charge in [0, 0.05) is 25.1 Å². The summed E-state index contributed by atoms with van der Waals surface area (Å²) in [5, 5.41) is 9.10. The van der Waals surface area contributed by atoms with Gasteiger partial charge in [0.15, 0.2) is 0 Å². The molecule has 0 unspecified atom stereocenters. The van der Waals surface area contributed by atoms with Gasteiger partial charge in [0.05, 0.1) is 6.61 Å². The first-order valence-corrected chi connectivity index (χ1v) is 6.71. The third-order valence-corrected chi connectivity index (χ3v) is 3.19. The van der Waals surface area contributed by atoms with Gasteiger partial charge in [0.1, 0.15) is 11.6 Å². The number of nitrogens with one attached hydrogen (secondary N) is 1. The predicted molar refractivity (Wildman–Crippen MR) is 71.0 cm³/mol. The van der Waals surface area contributed by atoms with Crippen molar-refractivity contribution < 1.29 is 5.11 Å². The Morgan fingerprint density at radius 1 is 1.50 bits per heavy atom. The predicted octanol–water partition coefficient (Wildman–Crippen LogP) is 1.25. The topological polar surface area (TPSA) is 69.2 Å². The molecule has 2 rings (SSSR count). The highest BCUT2D eigenvalue weighted by Gasteiger charge is 2.26. The fraction of sp³-hybridized carbons (Fsp3) is 0.692. The van der Waals surface area contributed by atoms with Crippen LogP contribution in [0.1, 0.15) is 44.3 Å². The lowest BCUT2D eigenvalue weighted by atomic mass is 10.3. The average molecular weight is 251 g/mol. The summed E-state index contributed by atoms with van der Waals surface area (Å²) in [4.78, 5) is 21.0. The van der Waals surface area contributed by atoms with Crippen LogP contribution in [0.4, 0.5) is 5.82 Å². The van der Waals surface area contributed by atoms with Gasteiger partial charge in [-0.2, -0.15) is 0 Å². The summed E-state index contributed by atoms with van der Waals surface area (Å²) in [7, 11) is 0. The molecule has 1 fully saturated rings. The lowest BCUT2D eigenvalue weighted by molar-refractivity contribution is 0.301. The number of nitrogens with zero attached hydrogens (tertiary/aromatic N) is 2. The van der Waals surface area contributed by atoms with E-state index in [9.17, 15) is 4.79 Å². The zero-order valence-electron chi connectivity index (χ0n) is 10.9. The molecule has 5 nitrogen and oxygen atoms in total. The Labute approximate surface area is 107 Å². The van der Waals surface area contributed by atoms with E-state index in [1.54, 1.807) is 0 Å². The van der Waals surface area contributed by atoms with Crippen molar-refractivity contribution >= 4 is 5.82 Å². The number of aliphatic hydroxyl groups is 1. The maximum Gasteiger partial charge on any atom is 0.252 e. The molecule has 0 aromatic carbocycles. The van der Waals surface area contributed by atoms with Gasteiger partial charge in [-0.25, -0.2) is 4.98 Å². The molecular weight excluding hydrogens is 230 g/mol. The quantitative estimate of drug-likeness (QED) is 0.765. The van der Waals surface area contributed by atoms with Crippen LogP contribution in [0.5, 0.6) is 0 Å². The molecule has 1 aliphatic carbocycles. The number of rotatable bonds is 7. The van der Waals surface area contributed by atoms with E-state index in [0.29, 0.717) is 18.3 Å². The van der Waals surface area contributed by atoms with E-state index in [0.717, 1.165) is 38.1 Å². The van der Waals surface area contributed by atoms with E-state index in [1.165, 1.54) is 6.07 Å². The Bertz CT molecular complexity index is 440. The highest BCUT2D eigenvalue weighted by molar-refractivity contribution is 5.38. The monoisotopic (exact) mass is 251 g/mol. The largest absolute Gasteiger partial charge is 0.395 e. The van der Waals surface area contributed by atoms with Crippen LogP contribution >= 0.6 is 0 Å². The van der Waals surface area contributed by atoms with Gasteiger partial charge >= 0.3 is 0 Å². The molecule has 2 N–H and O–H groups in total. The molecule has 0 bridgehead atoms. The molecule has 0 amide bonds. The number of hydrogen-bond donors (Lipinski definition) is 2. The number of aromatic nitrogens is 2. The highest BCUT2D eigenvalue weighted by Crippen LogP contribution is 2.37. The maximum absolute atomic E-state index is 11.6. The normalized spacial score (nSPS) is 14.8. The molecule has 1 aliphatic rings. The molecule has 0 atom stereocenters. The van der Waals surface area contributed by atoms with Crippen LogP contribution in [-0.2, 0) is 0 Å². The summed E-state index contributed by atoms with van der Waals surface area (Å²) in [5.41, 5.74) is -0.0960. The minimum absolute atomic E-state index is 0.0803. The molecule has 0 spiro atoms. The zero-order valence-corrected chi connectivity index (χ0v) is 10.9. The number of H-pyrrole nitrogens is 1. The van der Waals surface area contributed by atoms with Crippen LogP contribution in [0.25, 0.3) is 0 Å². The summed E-state index contributed by atoms with van der Waals surface area (Å²) >= 11 is 0. The Balaban J connectivity index is 2.19. The van der Waals surface area contributed by atoms with E-state index in [-0.39, 0.29) is 12.2 Å². The Hall–Kier alpha value is -1.36. The first kappa shape index (κ1) is 13.1. The fourth-order valence-corrected chi connectivity index (χ4v) is 1.99. The van der Waals surface area contributed by atoms with E-state index in [2.05, 4.69) is 16.9 Å². The number of anilines is 1. The average Bonchev–Trinajstić information content (AvgIpc) is 3.17. The molecule has 1 aromatic heterocycles. The summed E-state index contributed by atoms with van der Waals surface area (Å²) in [6, 6.07) is 1.52. The molecule has 100 valence electrons. The number of aromatic amines is 1. The second-order valence-electron chi connectivity index (χ2n) is 4.83. The van der Waals surface area contributed by atoms with Crippen LogP contribution < -0.4 is 10.5 Å². The molecule has 18 heavy (non-hydrogen) atoms. The van der Waals surface area contributed by atoms with E-state index in [4.69, 9.17) is 5.11 Å². The van der Waals surface area contributed by atoms with Gasteiger partial charge in [-0.05, 0) is 19.3 Å². The Morgan fingerprint density at radius 2 is 2.28 bits per heavy atom. The lowest BCUT2D eigenvalue weighted by Crippen LogP contribution is -2.30. The smallest absolute Gasteiger partial charge is 0.252 e. The third-order valence-electron chi connectivity index (χ3n) is 3.19. The summed E-state index contributed by atoms with van der Waals surface area (Å²) in [5.74, 6) is 1.93. The standard InChI is InChI=1S/C13H21N3O2/c1-2-3-6-16(7-8-17)11-9-12(18)15-13(14-11)10-4-5-10/h9-10,17H,2-8H2,1H3,(H,14,15,18). The van der Waals surface area contributed by atoms with Crippen molar-refractivity contribution in [1.82, 2.24) is 9.97 Å². The third kappa shape index (κ3) is 3.32. The van der Waals surface area contributed by atoms with Crippen molar-refractivity contribution in [3.05, 3.63) is 22.2 Å². The summed E-state index contributed by atoms with van der Waals surface area (Å²) in [6.45, 7) is 3.56. The number of aliphatic hydroxyl groups excluding tert-OH is 1. The molecule has 0 saturated heterocycles. The molecule has 0 radical (unpaired) electrons. The van der Waals surface area contributed by atoms with Gasteiger partial charge in [0.2, 0.25) is 0 Å². The zero-order chi connectivity index (χ0) is 13.0. The SMILES string of the molecule is CCCCN(CCO)c1cc(=O)[nH]c(C2CC2)n1. The molecule has 1 aromatic rings. The minimum Gasteiger partial charge on any atom is -0.395 e. The van der Waals surface area contributed by atoms with Crippen molar-refractivity contribution in [2.45, 2.75) is 38.5 Å². The van der Waals surface area contributed by atoms with Crippen LogP contribution in [0.15, 0.2) is 10.9 Å². The van der Waals surface area contributed by atoms with Crippen LogP contribution in [0.3, 0.4) is 0 Å². The van der Waals surface area contributed by atoms with Crippen LogP contribution in [-0.4, -0.2) is 34.8 Å². The fourth-order valence-electron chi connectivity index (χ4n) is 1.99. The molecule has 5 heteroatoms. The first-order chi connectivity index (χ1) is 8.74. The van der Waals surface area contributed by atoms with Crippen molar-refractivity contribution in [2.24, 2.45) is 0 Å². The summed E-state index contributed by atoms with van der Waals surface area (Å²) < 4.78 is 0. The Kier molecular flexibility index (Phi) is 4.36. The van der Waals surface area contributed by atoms with Crippen LogP contribution in [0, 0.1) is 0 Å². The van der Waals surface area contributed by atoms with Crippen molar-refractivity contribution in [3.63, 3.8) is 0 Å². The number of unbranched alkanes of at least 4 members (excludes halogenated alkanes) is 1.